The van der Waals surface area contributed by atoms with Gasteiger partial charge in [0.25, 0.3) is 5.91 Å². The molecule has 4 aromatic rings. The van der Waals surface area contributed by atoms with E-state index in [1.54, 1.807) is 12.1 Å². The SMILES string of the molecule is Cc1cc(C)cc(OCC(=O)Nc2ccc3oc(-c4cc(C)cc(C)c4)nc3c2)c1. The van der Waals surface area contributed by atoms with Crippen LogP contribution in [0.25, 0.3) is 22.6 Å². The van der Waals surface area contributed by atoms with Crippen molar-refractivity contribution in [2.75, 3.05) is 11.9 Å². The predicted octanol–water partition coefficient (Wildman–Crippen LogP) is 5.75. The van der Waals surface area contributed by atoms with Gasteiger partial charge in [-0.25, -0.2) is 4.98 Å². The highest BCUT2D eigenvalue weighted by Crippen LogP contribution is 2.27. The van der Waals surface area contributed by atoms with Crippen LogP contribution in [0.2, 0.25) is 0 Å². The monoisotopic (exact) mass is 400 g/mol. The first-order valence-corrected chi connectivity index (χ1v) is 9.86. The van der Waals surface area contributed by atoms with Crippen LogP contribution in [0, 0.1) is 27.7 Å². The highest BCUT2D eigenvalue weighted by Gasteiger charge is 2.11. The molecule has 0 spiro atoms. The summed E-state index contributed by atoms with van der Waals surface area (Å²) >= 11 is 0. The molecule has 5 nitrogen and oxygen atoms in total. The minimum absolute atomic E-state index is 0.0619. The van der Waals surface area contributed by atoms with Crippen molar-refractivity contribution in [1.29, 1.82) is 0 Å². The lowest BCUT2D eigenvalue weighted by molar-refractivity contribution is -0.118. The van der Waals surface area contributed by atoms with E-state index in [2.05, 4.69) is 22.4 Å². The third kappa shape index (κ3) is 4.51. The zero-order valence-corrected chi connectivity index (χ0v) is 17.6. The van der Waals surface area contributed by atoms with Gasteiger partial charge in [0.1, 0.15) is 11.3 Å². The molecule has 1 aromatic heterocycles. The van der Waals surface area contributed by atoms with Gasteiger partial charge in [-0.15, -0.1) is 0 Å². The maximum atomic E-state index is 12.3. The maximum Gasteiger partial charge on any atom is 0.262 e. The average Bonchev–Trinajstić information content (AvgIpc) is 3.08. The first-order valence-electron chi connectivity index (χ1n) is 9.86. The molecule has 4 rings (SSSR count). The molecule has 0 bridgehead atoms. The minimum atomic E-state index is -0.230. The van der Waals surface area contributed by atoms with E-state index in [9.17, 15) is 4.79 Å². The first kappa shape index (κ1) is 19.7. The van der Waals surface area contributed by atoms with Crippen molar-refractivity contribution in [3.05, 3.63) is 76.9 Å². The van der Waals surface area contributed by atoms with E-state index in [4.69, 9.17) is 9.15 Å². The molecule has 1 amide bonds. The van der Waals surface area contributed by atoms with Crippen LogP contribution in [-0.2, 0) is 4.79 Å². The summed E-state index contributed by atoms with van der Waals surface area (Å²) in [6, 6.07) is 17.5. The van der Waals surface area contributed by atoms with Crippen molar-refractivity contribution in [2.24, 2.45) is 0 Å². The number of hydrogen-bond acceptors (Lipinski definition) is 4. The highest BCUT2D eigenvalue weighted by atomic mass is 16.5. The molecule has 0 saturated carbocycles. The second kappa shape index (κ2) is 8.03. The second-order valence-electron chi connectivity index (χ2n) is 7.74. The molecule has 0 fully saturated rings. The fourth-order valence-corrected chi connectivity index (χ4v) is 3.59. The predicted molar refractivity (Wildman–Crippen MR) is 119 cm³/mol. The number of anilines is 1. The Morgan fingerprint density at radius 1 is 0.900 bits per heavy atom. The summed E-state index contributed by atoms with van der Waals surface area (Å²) in [5, 5.41) is 2.86. The van der Waals surface area contributed by atoms with Crippen molar-refractivity contribution in [3.8, 4) is 17.2 Å². The third-order valence-corrected chi connectivity index (χ3v) is 4.71. The van der Waals surface area contributed by atoms with Crippen molar-refractivity contribution in [2.45, 2.75) is 27.7 Å². The molecule has 3 aromatic carbocycles. The van der Waals surface area contributed by atoms with Crippen LogP contribution in [0.5, 0.6) is 5.75 Å². The van der Waals surface area contributed by atoms with E-state index >= 15 is 0 Å². The average molecular weight is 400 g/mol. The molecule has 1 heterocycles. The molecule has 30 heavy (non-hydrogen) atoms. The minimum Gasteiger partial charge on any atom is -0.484 e. The number of amides is 1. The Hall–Kier alpha value is -3.60. The Morgan fingerprint density at radius 2 is 1.53 bits per heavy atom. The van der Waals surface area contributed by atoms with E-state index in [-0.39, 0.29) is 12.5 Å². The lowest BCUT2D eigenvalue weighted by Crippen LogP contribution is -2.20. The number of hydrogen-bond donors (Lipinski definition) is 1. The summed E-state index contributed by atoms with van der Waals surface area (Å²) in [5.74, 6) is 1.03. The van der Waals surface area contributed by atoms with Gasteiger partial charge in [0.15, 0.2) is 12.2 Å². The van der Waals surface area contributed by atoms with Crippen molar-refractivity contribution >= 4 is 22.7 Å². The molecule has 0 saturated heterocycles. The fourth-order valence-electron chi connectivity index (χ4n) is 3.59. The number of nitrogens with one attached hydrogen (secondary N) is 1. The van der Waals surface area contributed by atoms with Gasteiger partial charge in [-0.3, -0.25) is 4.79 Å². The number of rotatable bonds is 5. The van der Waals surface area contributed by atoms with E-state index in [1.165, 1.54) is 0 Å². The van der Waals surface area contributed by atoms with Crippen molar-refractivity contribution in [3.63, 3.8) is 0 Å². The summed E-state index contributed by atoms with van der Waals surface area (Å²) in [6.45, 7) is 8.03. The zero-order valence-electron chi connectivity index (χ0n) is 17.6. The molecular formula is C25H24N2O3. The standard InChI is InChI=1S/C25H24N2O3/c1-15-7-16(2)10-19(9-15)25-27-22-13-20(5-6-23(22)30-25)26-24(28)14-29-21-11-17(3)8-18(4)12-21/h5-13H,14H2,1-4H3,(H,26,28). The number of benzene rings is 3. The fraction of sp³-hybridized carbons (Fsp3) is 0.200. The number of fused-ring (bicyclic) bond motifs is 1. The van der Waals surface area contributed by atoms with Crippen molar-refractivity contribution < 1.29 is 13.9 Å². The highest BCUT2D eigenvalue weighted by molar-refractivity contribution is 5.94. The number of aryl methyl sites for hydroxylation is 4. The van der Waals surface area contributed by atoms with Gasteiger partial charge in [-0.2, -0.15) is 0 Å². The van der Waals surface area contributed by atoms with Crippen LogP contribution in [0.15, 0.2) is 59.0 Å². The Bertz CT molecular complexity index is 1200. The first-order chi connectivity index (χ1) is 14.4. The molecule has 1 N–H and O–H groups in total. The quantitative estimate of drug-likeness (QED) is 0.463. The Balaban J connectivity index is 1.47. The van der Waals surface area contributed by atoms with Gasteiger partial charge in [-0.05, 0) is 81.3 Å². The van der Waals surface area contributed by atoms with E-state index in [1.807, 2.05) is 58.0 Å². The normalized spacial score (nSPS) is 10.9. The number of nitrogens with zero attached hydrogens (tertiary/aromatic N) is 1. The van der Waals surface area contributed by atoms with Crippen LogP contribution >= 0.6 is 0 Å². The van der Waals surface area contributed by atoms with Crippen molar-refractivity contribution in [1.82, 2.24) is 4.98 Å². The molecule has 0 unspecified atom stereocenters. The van der Waals surface area contributed by atoms with Gasteiger partial charge in [0, 0.05) is 11.3 Å². The summed E-state index contributed by atoms with van der Waals surface area (Å²) in [7, 11) is 0. The molecule has 0 radical (unpaired) electrons. The summed E-state index contributed by atoms with van der Waals surface area (Å²) in [5.41, 5.74) is 7.47. The Kier molecular flexibility index (Phi) is 5.27. The molecule has 5 heteroatoms. The number of carbonyl (C=O) groups excluding carboxylic acids is 1. The van der Waals surface area contributed by atoms with E-state index in [0.717, 1.165) is 27.8 Å². The second-order valence-corrected chi connectivity index (χ2v) is 7.74. The summed E-state index contributed by atoms with van der Waals surface area (Å²) < 4.78 is 11.5. The van der Waals surface area contributed by atoms with Crippen LogP contribution in [0.4, 0.5) is 5.69 Å². The van der Waals surface area contributed by atoms with Crippen LogP contribution in [0.1, 0.15) is 22.3 Å². The summed E-state index contributed by atoms with van der Waals surface area (Å²) in [4.78, 5) is 16.9. The van der Waals surface area contributed by atoms with Gasteiger partial charge >= 0.3 is 0 Å². The molecular weight excluding hydrogens is 376 g/mol. The van der Waals surface area contributed by atoms with Gasteiger partial charge in [0.2, 0.25) is 5.89 Å². The van der Waals surface area contributed by atoms with E-state index < -0.39 is 0 Å². The van der Waals surface area contributed by atoms with Crippen LogP contribution < -0.4 is 10.1 Å². The van der Waals surface area contributed by atoms with Crippen LogP contribution in [-0.4, -0.2) is 17.5 Å². The molecule has 0 atom stereocenters. The van der Waals surface area contributed by atoms with Gasteiger partial charge in [-0.1, -0.05) is 23.3 Å². The molecule has 0 aliphatic rings. The Morgan fingerprint density at radius 3 is 2.20 bits per heavy atom. The topological polar surface area (TPSA) is 64.4 Å². The summed E-state index contributed by atoms with van der Waals surface area (Å²) in [6.07, 6.45) is 0. The van der Waals surface area contributed by atoms with Crippen LogP contribution in [0.3, 0.4) is 0 Å². The zero-order chi connectivity index (χ0) is 21.3. The Labute approximate surface area is 175 Å². The van der Waals surface area contributed by atoms with E-state index in [0.29, 0.717) is 28.4 Å². The smallest absolute Gasteiger partial charge is 0.262 e. The van der Waals surface area contributed by atoms with Gasteiger partial charge in [0.05, 0.1) is 0 Å². The number of aromatic nitrogens is 1. The number of carbonyl (C=O) groups is 1. The number of oxazole rings is 1. The van der Waals surface area contributed by atoms with Gasteiger partial charge < -0.3 is 14.5 Å². The maximum absolute atomic E-state index is 12.3. The lowest BCUT2D eigenvalue weighted by Gasteiger charge is -2.09. The lowest BCUT2D eigenvalue weighted by atomic mass is 10.1. The molecule has 0 aliphatic carbocycles. The number of ether oxygens (including phenoxy) is 1. The largest absolute Gasteiger partial charge is 0.484 e. The molecule has 152 valence electrons. The third-order valence-electron chi connectivity index (χ3n) is 4.71. The molecule has 0 aliphatic heterocycles.